The highest BCUT2D eigenvalue weighted by Crippen LogP contribution is 2.18. The van der Waals surface area contributed by atoms with E-state index in [1.807, 2.05) is 36.7 Å². The van der Waals surface area contributed by atoms with E-state index in [2.05, 4.69) is 37.0 Å². The lowest BCUT2D eigenvalue weighted by Gasteiger charge is -1.97. The number of imidazole rings is 1. The summed E-state index contributed by atoms with van der Waals surface area (Å²) >= 11 is 0. The first-order valence-electron chi connectivity index (χ1n) is 7.03. The van der Waals surface area contributed by atoms with Crippen LogP contribution in [0.5, 0.6) is 0 Å². The van der Waals surface area contributed by atoms with E-state index >= 15 is 0 Å². The zero-order chi connectivity index (χ0) is 16.0. The molecule has 3 heterocycles. The minimum Gasteiger partial charge on any atom is -0.383 e. The smallest absolute Gasteiger partial charge is 0.187 e. The summed E-state index contributed by atoms with van der Waals surface area (Å²) in [6.45, 7) is 1.98. The Morgan fingerprint density at radius 1 is 1.22 bits per heavy atom. The van der Waals surface area contributed by atoms with E-state index in [1.54, 1.807) is 0 Å². The number of H-pyrrole nitrogens is 1. The van der Waals surface area contributed by atoms with Crippen molar-refractivity contribution in [3.05, 3.63) is 41.6 Å². The number of benzene rings is 1. The zero-order valence-corrected chi connectivity index (χ0v) is 12.6. The van der Waals surface area contributed by atoms with Gasteiger partial charge in [-0.3, -0.25) is 5.10 Å². The van der Waals surface area contributed by atoms with Gasteiger partial charge in [-0.15, -0.1) is 0 Å². The lowest BCUT2D eigenvalue weighted by Crippen LogP contribution is -1.92. The van der Waals surface area contributed by atoms with Gasteiger partial charge in [0.2, 0.25) is 0 Å². The van der Waals surface area contributed by atoms with Gasteiger partial charge in [0.25, 0.3) is 0 Å². The second-order valence-electron chi connectivity index (χ2n) is 5.23. The molecular weight excluding hydrogens is 290 g/mol. The number of nitrogens with zero attached hydrogens (tertiary/aromatic N) is 5. The van der Waals surface area contributed by atoms with Crippen LogP contribution in [0.3, 0.4) is 0 Å². The number of rotatable bonds is 0. The molecule has 0 saturated heterocycles. The van der Waals surface area contributed by atoms with E-state index < -0.39 is 0 Å². The van der Waals surface area contributed by atoms with E-state index in [0.29, 0.717) is 22.5 Å². The van der Waals surface area contributed by atoms with Crippen LogP contribution in [-0.2, 0) is 7.05 Å². The van der Waals surface area contributed by atoms with E-state index in [0.717, 1.165) is 22.4 Å². The van der Waals surface area contributed by atoms with Gasteiger partial charge < -0.3 is 10.3 Å². The van der Waals surface area contributed by atoms with Crippen molar-refractivity contribution in [2.75, 3.05) is 5.73 Å². The van der Waals surface area contributed by atoms with Crippen LogP contribution in [0.1, 0.15) is 17.1 Å². The summed E-state index contributed by atoms with van der Waals surface area (Å²) in [6, 6.07) is 5.93. The summed E-state index contributed by atoms with van der Waals surface area (Å²) in [4.78, 5) is 12.5. The van der Waals surface area contributed by atoms with Crippen LogP contribution < -0.4 is 5.73 Å². The summed E-state index contributed by atoms with van der Waals surface area (Å²) in [5.41, 5.74) is 9.89. The molecule has 23 heavy (non-hydrogen) atoms. The molecule has 112 valence electrons. The number of nitrogens with one attached hydrogen (secondary N) is 1. The SMILES string of the molecule is Cc1nc2ccc(C#Cc3[nH]nc4ncnc(N)c34)cc2n1C. The first-order valence-corrected chi connectivity index (χ1v) is 7.03. The number of hydrogen-bond acceptors (Lipinski definition) is 5. The molecule has 0 amide bonds. The van der Waals surface area contributed by atoms with Crippen molar-refractivity contribution in [3.63, 3.8) is 0 Å². The monoisotopic (exact) mass is 303 g/mol. The largest absolute Gasteiger partial charge is 0.383 e. The number of fused-ring (bicyclic) bond motifs is 2. The van der Waals surface area contributed by atoms with Crippen molar-refractivity contribution in [3.8, 4) is 11.8 Å². The Kier molecular flexibility index (Phi) is 2.78. The molecule has 3 aromatic heterocycles. The Hall–Kier alpha value is -3.40. The summed E-state index contributed by atoms with van der Waals surface area (Å²) < 4.78 is 2.04. The molecule has 4 rings (SSSR count). The van der Waals surface area contributed by atoms with Gasteiger partial charge in [-0.05, 0) is 31.0 Å². The lowest BCUT2D eigenvalue weighted by molar-refractivity contribution is 0.886. The third kappa shape index (κ3) is 2.08. The fourth-order valence-electron chi connectivity index (χ4n) is 2.49. The lowest BCUT2D eigenvalue weighted by atomic mass is 10.2. The topological polar surface area (TPSA) is 98.3 Å². The third-order valence-electron chi connectivity index (χ3n) is 3.82. The minimum absolute atomic E-state index is 0.366. The average molecular weight is 303 g/mol. The first kappa shape index (κ1) is 13.3. The molecule has 0 bridgehead atoms. The molecule has 7 heteroatoms. The van der Waals surface area contributed by atoms with Crippen molar-refractivity contribution < 1.29 is 0 Å². The zero-order valence-electron chi connectivity index (χ0n) is 12.6. The minimum atomic E-state index is 0.366. The molecular formula is C16H13N7. The van der Waals surface area contributed by atoms with Crippen LogP contribution in [0, 0.1) is 18.8 Å². The number of anilines is 1. The van der Waals surface area contributed by atoms with Crippen molar-refractivity contribution >= 4 is 27.9 Å². The summed E-state index contributed by atoms with van der Waals surface area (Å²) in [5, 5.41) is 7.59. The first-order chi connectivity index (χ1) is 11.1. The molecule has 0 aliphatic heterocycles. The average Bonchev–Trinajstić information content (AvgIpc) is 3.08. The maximum absolute atomic E-state index is 5.88. The third-order valence-corrected chi connectivity index (χ3v) is 3.82. The van der Waals surface area contributed by atoms with Crippen LogP contribution in [0.4, 0.5) is 5.82 Å². The maximum atomic E-state index is 5.88. The van der Waals surface area contributed by atoms with Gasteiger partial charge in [0.15, 0.2) is 5.65 Å². The molecule has 0 atom stereocenters. The van der Waals surface area contributed by atoms with Gasteiger partial charge >= 0.3 is 0 Å². The van der Waals surface area contributed by atoms with E-state index in [9.17, 15) is 0 Å². The fourth-order valence-corrected chi connectivity index (χ4v) is 2.49. The summed E-state index contributed by atoms with van der Waals surface area (Å²) in [5.74, 6) is 7.51. The summed E-state index contributed by atoms with van der Waals surface area (Å²) in [7, 11) is 1.99. The quantitative estimate of drug-likeness (QED) is 0.480. The number of aryl methyl sites for hydroxylation is 2. The number of aromatic amines is 1. The van der Waals surface area contributed by atoms with Gasteiger partial charge in [0.05, 0.1) is 16.4 Å². The molecule has 0 spiro atoms. The Balaban J connectivity index is 1.81. The van der Waals surface area contributed by atoms with E-state index in [1.165, 1.54) is 6.33 Å². The van der Waals surface area contributed by atoms with Gasteiger partial charge in [-0.1, -0.05) is 5.92 Å². The molecule has 0 unspecified atom stereocenters. The van der Waals surface area contributed by atoms with Crippen molar-refractivity contribution in [2.45, 2.75) is 6.92 Å². The molecule has 0 aliphatic rings. The maximum Gasteiger partial charge on any atom is 0.187 e. The van der Waals surface area contributed by atoms with Crippen molar-refractivity contribution in [1.29, 1.82) is 0 Å². The number of aromatic nitrogens is 6. The van der Waals surface area contributed by atoms with Crippen LogP contribution in [-0.4, -0.2) is 29.7 Å². The van der Waals surface area contributed by atoms with E-state index in [4.69, 9.17) is 5.73 Å². The molecule has 0 fully saturated rings. The molecule has 3 N–H and O–H groups in total. The molecule has 1 aromatic carbocycles. The fraction of sp³-hybridized carbons (Fsp3) is 0.125. The second-order valence-corrected chi connectivity index (χ2v) is 5.23. The standard InChI is InChI=1S/C16H13N7/c1-9-20-11-5-3-10(7-13(11)23(9)2)4-6-12-14-15(17)18-8-19-16(14)22-21-12/h3,5,7-8H,1-2H3,(H3,17,18,19,21,22). The Bertz CT molecular complexity index is 1110. The highest BCUT2D eigenvalue weighted by Gasteiger charge is 2.08. The summed E-state index contributed by atoms with van der Waals surface area (Å²) in [6.07, 6.45) is 1.38. The van der Waals surface area contributed by atoms with Gasteiger partial charge in [-0.25, -0.2) is 15.0 Å². The Labute approximate surface area is 131 Å². The van der Waals surface area contributed by atoms with Crippen LogP contribution in [0.2, 0.25) is 0 Å². The highest BCUT2D eigenvalue weighted by molar-refractivity contribution is 5.90. The van der Waals surface area contributed by atoms with Crippen molar-refractivity contribution in [1.82, 2.24) is 29.7 Å². The Morgan fingerprint density at radius 3 is 2.96 bits per heavy atom. The number of hydrogen-bond donors (Lipinski definition) is 2. The van der Waals surface area contributed by atoms with Gasteiger partial charge in [0.1, 0.15) is 23.7 Å². The van der Waals surface area contributed by atoms with Crippen molar-refractivity contribution in [2.24, 2.45) is 7.05 Å². The van der Waals surface area contributed by atoms with Crippen LogP contribution >= 0.6 is 0 Å². The van der Waals surface area contributed by atoms with Gasteiger partial charge in [-0.2, -0.15) is 5.10 Å². The molecule has 0 saturated carbocycles. The van der Waals surface area contributed by atoms with E-state index in [-0.39, 0.29) is 0 Å². The molecule has 4 aromatic rings. The highest BCUT2D eigenvalue weighted by atomic mass is 15.2. The number of nitrogens with two attached hydrogens (primary N) is 1. The second kappa shape index (κ2) is 4.81. The van der Waals surface area contributed by atoms with Gasteiger partial charge in [0, 0.05) is 12.6 Å². The van der Waals surface area contributed by atoms with Crippen LogP contribution in [0.25, 0.3) is 22.1 Å². The normalized spacial score (nSPS) is 10.9. The van der Waals surface area contributed by atoms with Crippen LogP contribution in [0.15, 0.2) is 24.5 Å². The predicted molar refractivity (Wildman–Crippen MR) is 87.5 cm³/mol. The molecule has 0 aliphatic carbocycles. The molecule has 0 radical (unpaired) electrons. The number of nitrogen functional groups attached to an aromatic ring is 1. The Morgan fingerprint density at radius 2 is 2.09 bits per heavy atom. The molecule has 7 nitrogen and oxygen atoms in total. The predicted octanol–water partition coefficient (Wildman–Crippen LogP) is 1.53.